The average molecular weight is 307 g/mol. The highest BCUT2D eigenvalue weighted by Crippen LogP contribution is 2.20. The summed E-state index contributed by atoms with van der Waals surface area (Å²) in [5, 5.41) is 0.595. The van der Waals surface area contributed by atoms with Crippen molar-refractivity contribution in [1.82, 2.24) is 14.5 Å². The van der Waals surface area contributed by atoms with Gasteiger partial charge in [-0.1, -0.05) is 0 Å². The molecule has 0 atom stereocenters. The van der Waals surface area contributed by atoms with Crippen molar-refractivity contribution >= 4 is 27.5 Å². The fraction of sp³-hybridized carbons (Fsp3) is 0.500. The first-order chi connectivity index (χ1) is 10.1. The molecule has 2 aromatic rings. The van der Waals surface area contributed by atoms with Gasteiger partial charge < -0.3 is 9.64 Å². The highest BCUT2D eigenvalue weighted by Gasteiger charge is 2.19. The summed E-state index contributed by atoms with van der Waals surface area (Å²) in [6, 6.07) is 1.84. The summed E-state index contributed by atoms with van der Waals surface area (Å²) in [6.07, 6.45) is 0. The van der Waals surface area contributed by atoms with Gasteiger partial charge in [0.1, 0.15) is 17.2 Å². The summed E-state index contributed by atoms with van der Waals surface area (Å²) in [5.74, 6) is 0.521. The van der Waals surface area contributed by atoms with Gasteiger partial charge in [0, 0.05) is 18.0 Å². The minimum atomic E-state index is -0.136. The molecule has 0 aliphatic carbocycles. The molecule has 1 amide bonds. The molecule has 112 valence electrons. The molecule has 0 radical (unpaired) electrons. The largest absolute Gasteiger partial charge is 0.378 e. The van der Waals surface area contributed by atoms with Crippen LogP contribution in [0.4, 0.5) is 0 Å². The molecule has 3 rings (SSSR count). The summed E-state index contributed by atoms with van der Waals surface area (Å²) in [6.45, 7) is 6.04. The quantitative estimate of drug-likeness (QED) is 0.828. The molecule has 0 saturated carbocycles. The number of fused-ring (bicyclic) bond motifs is 1. The topological polar surface area (TPSA) is 64.4 Å². The zero-order chi connectivity index (χ0) is 15.0. The molecule has 0 N–H and O–H groups in total. The van der Waals surface area contributed by atoms with E-state index in [1.165, 1.54) is 15.9 Å². The van der Waals surface area contributed by atoms with Crippen molar-refractivity contribution in [2.45, 2.75) is 20.4 Å². The van der Waals surface area contributed by atoms with Crippen molar-refractivity contribution in [3.63, 3.8) is 0 Å². The number of amides is 1. The van der Waals surface area contributed by atoms with Crippen molar-refractivity contribution in [3.05, 3.63) is 27.1 Å². The van der Waals surface area contributed by atoms with Crippen LogP contribution in [0, 0.1) is 13.8 Å². The first-order valence-corrected chi connectivity index (χ1v) is 7.71. The van der Waals surface area contributed by atoms with E-state index >= 15 is 0 Å². The maximum atomic E-state index is 12.5. The van der Waals surface area contributed by atoms with Crippen molar-refractivity contribution < 1.29 is 9.53 Å². The monoisotopic (exact) mass is 307 g/mol. The lowest BCUT2D eigenvalue weighted by Crippen LogP contribution is -2.43. The Hall–Kier alpha value is -1.73. The molecule has 21 heavy (non-hydrogen) atoms. The van der Waals surface area contributed by atoms with Gasteiger partial charge in [0.15, 0.2) is 0 Å². The minimum Gasteiger partial charge on any atom is -0.378 e. The van der Waals surface area contributed by atoms with Crippen molar-refractivity contribution in [2.75, 3.05) is 26.3 Å². The van der Waals surface area contributed by atoms with Crippen LogP contribution in [0.2, 0.25) is 0 Å². The van der Waals surface area contributed by atoms with E-state index in [0.717, 1.165) is 9.71 Å². The summed E-state index contributed by atoms with van der Waals surface area (Å²) in [4.78, 5) is 32.8. The lowest BCUT2D eigenvalue weighted by atomic mass is 10.3. The van der Waals surface area contributed by atoms with Gasteiger partial charge >= 0.3 is 0 Å². The van der Waals surface area contributed by atoms with E-state index in [2.05, 4.69) is 4.98 Å². The number of carbonyl (C=O) groups excluding carboxylic acids is 1. The number of aromatic nitrogens is 2. The van der Waals surface area contributed by atoms with E-state index < -0.39 is 0 Å². The number of aryl methyl sites for hydroxylation is 2. The van der Waals surface area contributed by atoms with E-state index in [1.54, 1.807) is 11.8 Å². The molecule has 1 aliphatic heterocycles. The van der Waals surface area contributed by atoms with Crippen LogP contribution in [-0.4, -0.2) is 46.7 Å². The SMILES string of the molecule is Cc1cc2c(=O)n(CC(=O)N3CCOCC3)c(C)nc2s1. The molecule has 2 aromatic heterocycles. The second-order valence-corrected chi connectivity index (χ2v) is 6.35. The first kappa shape index (κ1) is 14.2. The number of hydrogen-bond acceptors (Lipinski definition) is 5. The van der Waals surface area contributed by atoms with Gasteiger partial charge in [-0.2, -0.15) is 0 Å². The molecule has 0 bridgehead atoms. The predicted octanol–water partition coefficient (Wildman–Crippen LogP) is 0.934. The lowest BCUT2D eigenvalue weighted by Gasteiger charge is -2.27. The normalized spacial score (nSPS) is 15.6. The molecule has 3 heterocycles. The fourth-order valence-electron chi connectivity index (χ4n) is 2.47. The minimum absolute atomic E-state index is 0.0441. The highest BCUT2D eigenvalue weighted by molar-refractivity contribution is 7.18. The van der Waals surface area contributed by atoms with Crippen molar-refractivity contribution in [3.8, 4) is 0 Å². The second-order valence-electron chi connectivity index (χ2n) is 5.12. The number of hydrogen-bond donors (Lipinski definition) is 0. The Bertz CT molecular complexity index is 744. The van der Waals surface area contributed by atoms with Crippen LogP contribution in [0.5, 0.6) is 0 Å². The van der Waals surface area contributed by atoms with Gasteiger partial charge in [-0.15, -0.1) is 11.3 Å². The van der Waals surface area contributed by atoms with Crippen LogP contribution < -0.4 is 5.56 Å². The Morgan fingerprint density at radius 2 is 2.10 bits per heavy atom. The lowest BCUT2D eigenvalue weighted by molar-refractivity contribution is -0.136. The molecule has 1 aliphatic rings. The maximum absolute atomic E-state index is 12.5. The van der Waals surface area contributed by atoms with Crippen LogP contribution in [0.15, 0.2) is 10.9 Å². The van der Waals surface area contributed by atoms with E-state index in [4.69, 9.17) is 4.74 Å². The second kappa shape index (κ2) is 5.57. The van der Waals surface area contributed by atoms with Gasteiger partial charge in [0.2, 0.25) is 5.91 Å². The third-order valence-electron chi connectivity index (χ3n) is 3.62. The Balaban J connectivity index is 1.92. The zero-order valence-corrected chi connectivity index (χ0v) is 12.9. The van der Waals surface area contributed by atoms with E-state index in [-0.39, 0.29) is 18.0 Å². The smallest absolute Gasteiger partial charge is 0.262 e. The Labute approximate surface area is 126 Å². The number of rotatable bonds is 2. The van der Waals surface area contributed by atoms with E-state index in [1.807, 2.05) is 13.0 Å². The van der Waals surface area contributed by atoms with Gasteiger partial charge in [0.05, 0.1) is 18.6 Å². The average Bonchev–Trinajstić information content (AvgIpc) is 2.85. The molecule has 0 spiro atoms. The fourth-order valence-corrected chi connectivity index (χ4v) is 3.39. The number of carbonyl (C=O) groups is 1. The number of thiophene rings is 1. The molecule has 0 aromatic carbocycles. The number of ether oxygens (including phenoxy) is 1. The van der Waals surface area contributed by atoms with Gasteiger partial charge in [-0.25, -0.2) is 4.98 Å². The van der Waals surface area contributed by atoms with Crippen LogP contribution >= 0.6 is 11.3 Å². The predicted molar refractivity (Wildman–Crippen MR) is 80.8 cm³/mol. The van der Waals surface area contributed by atoms with E-state index in [0.29, 0.717) is 37.5 Å². The van der Waals surface area contributed by atoms with Crippen LogP contribution in [0.1, 0.15) is 10.7 Å². The standard InChI is InChI=1S/C14H17N3O3S/c1-9-7-11-13(21-9)15-10(2)17(14(11)19)8-12(18)16-3-5-20-6-4-16/h7H,3-6,8H2,1-2H3. The Kier molecular flexibility index (Phi) is 3.77. The summed E-state index contributed by atoms with van der Waals surface area (Å²) in [5.41, 5.74) is -0.136. The summed E-state index contributed by atoms with van der Waals surface area (Å²) in [7, 11) is 0. The van der Waals surface area contributed by atoms with Gasteiger partial charge in [-0.05, 0) is 19.9 Å². The Morgan fingerprint density at radius 1 is 1.38 bits per heavy atom. The molecule has 7 heteroatoms. The van der Waals surface area contributed by atoms with E-state index in [9.17, 15) is 9.59 Å². The molecular formula is C14H17N3O3S. The van der Waals surface area contributed by atoms with Gasteiger partial charge in [-0.3, -0.25) is 14.2 Å². The van der Waals surface area contributed by atoms with Crippen molar-refractivity contribution in [2.24, 2.45) is 0 Å². The number of morpholine rings is 1. The zero-order valence-electron chi connectivity index (χ0n) is 12.1. The Morgan fingerprint density at radius 3 is 2.81 bits per heavy atom. The first-order valence-electron chi connectivity index (χ1n) is 6.89. The molecule has 0 unspecified atom stereocenters. The summed E-state index contributed by atoms with van der Waals surface area (Å²) >= 11 is 1.50. The summed E-state index contributed by atoms with van der Waals surface area (Å²) < 4.78 is 6.70. The highest BCUT2D eigenvalue weighted by atomic mass is 32.1. The third kappa shape index (κ3) is 2.71. The molecular weight excluding hydrogens is 290 g/mol. The van der Waals surface area contributed by atoms with Crippen LogP contribution in [0.3, 0.4) is 0 Å². The van der Waals surface area contributed by atoms with Crippen molar-refractivity contribution in [1.29, 1.82) is 0 Å². The van der Waals surface area contributed by atoms with Crippen LogP contribution in [0.25, 0.3) is 10.2 Å². The number of nitrogens with zero attached hydrogens (tertiary/aromatic N) is 3. The molecule has 1 fully saturated rings. The van der Waals surface area contributed by atoms with Crippen LogP contribution in [-0.2, 0) is 16.1 Å². The van der Waals surface area contributed by atoms with Gasteiger partial charge in [0.25, 0.3) is 5.56 Å². The maximum Gasteiger partial charge on any atom is 0.262 e. The molecule has 6 nitrogen and oxygen atoms in total. The third-order valence-corrected chi connectivity index (χ3v) is 4.57. The molecule has 1 saturated heterocycles.